The number of carbonyl (C=O) groups excluding carboxylic acids is 1. The minimum atomic E-state index is -3.72. The summed E-state index contributed by atoms with van der Waals surface area (Å²) >= 11 is 0. The van der Waals surface area contributed by atoms with E-state index in [9.17, 15) is 18.0 Å². The number of nitrogens with one attached hydrogen (secondary N) is 1. The first-order chi connectivity index (χ1) is 15.7. The number of nitrogens with zero attached hydrogens (tertiary/aromatic N) is 3. The number of rotatable bonds is 9. The highest BCUT2D eigenvalue weighted by molar-refractivity contribution is 7.89. The Balaban J connectivity index is 2.07. The highest BCUT2D eigenvalue weighted by Gasteiger charge is 2.22. The molecule has 9 nitrogen and oxygen atoms in total. The lowest BCUT2D eigenvalue weighted by atomic mass is 10.1. The van der Waals surface area contributed by atoms with Crippen LogP contribution < -0.4 is 15.6 Å². The fourth-order valence-electron chi connectivity index (χ4n) is 3.40. The monoisotopic (exact) mass is 472 g/mol. The zero-order valence-electron chi connectivity index (χ0n) is 19.2. The Bertz CT molecular complexity index is 1330. The van der Waals surface area contributed by atoms with Crippen LogP contribution >= 0.6 is 0 Å². The van der Waals surface area contributed by atoms with Crippen LogP contribution in [0.1, 0.15) is 36.7 Å². The van der Waals surface area contributed by atoms with Crippen molar-refractivity contribution in [1.29, 1.82) is 0 Å². The van der Waals surface area contributed by atoms with Crippen LogP contribution in [0.5, 0.6) is 5.75 Å². The summed E-state index contributed by atoms with van der Waals surface area (Å²) in [5.41, 5.74) is -0.000400. The summed E-state index contributed by atoms with van der Waals surface area (Å²) in [6, 6.07) is 11.0. The molecule has 0 fully saturated rings. The number of fused-ring (bicyclic) bond motifs is 1. The number of anilines is 1. The van der Waals surface area contributed by atoms with Gasteiger partial charge in [0.15, 0.2) is 5.69 Å². The van der Waals surface area contributed by atoms with Crippen LogP contribution in [-0.2, 0) is 16.6 Å². The van der Waals surface area contributed by atoms with Crippen molar-refractivity contribution in [3.05, 3.63) is 58.5 Å². The van der Waals surface area contributed by atoms with Gasteiger partial charge in [0.2, 0.25) is 10.0 Å². The fraction of sp³-hybridized carbons (Fsp3) is 0.348. The molecule has 0 aliphatic rings. The first-order valence-electron chi connectivity index (χ1n) is 10.6. The number of hydrogen-bond acceptors (Lipinski definition) is 6. The molecular formula is C23H28N4O5S. The van der Waals surface area contributed by atoms with Gasteiger partial charge >= 0.3 is 0 Å². The van der Waals surface area contributed by atoms with Crippen molar-refractivity contribution >= 4 is 32.4 Å². The SMILES string of the molecule is CCCCCn1nc(C(=O)Nc2cc(S(=O)(=O)N(C)C)ccc2OC)c2ccccc2c1=O. The van der Waals surface area contributed by atoms with Crippen molar-refractivity contribution in [2.45, 2.75) is 37.6 Å². The molecule has 1 N–H and O–H groups in total. The average molecular weight is 473 g/mol. The molecule has 0 unspecified atom stereocenters. The Morgan fingerprint density at radius 3 is 2.45 bits per heavy atom. The van der Waals surface area contributed by atoms with E-state index in [2.05, 4.69) is 17.3 Å². The predicted molar refractivity (Wildman–Crippen MR) is 127 cm³/mol. The second-order valence-corrected chi connectivity index (χ2v) is 9.89. The number of sulfonamides is 1. The number of unbranched alkanes of at least 4 members (excludes halogenated alkanes) is 2. The molecule has 0 spiro atoms. The molecule has 0 saturated heterocycles. The van der Waals surface area contributed by atoms with Gasteiger partial charge < -0.3 is 10.1 Å². The van der Waals surface area contributed by atoms with Crippen LogP contribution in [0, 0.1) is 0 Å². The minimum absolute atomic E-state index is 0.00551. The van der Waals surface area contributed by atoms with Crippen LogP contribution in [0.2, 0.25) is 0 Å². The van der Waals surface area contributed by atoms with Crippen LogP contribution in [0.4, 0.5) is 5.69 Å². The highest BCUT2D eigenvalue weighted by Crippen LogP contribution is 2.29. The number of hydrogen-bond donors (Lipinski definition) is 1. The largest absolute Gasteiger partial charge is 0.495 e. The van der Waals surface area contributed by atoms with Gasteiger partial charge in [0, 0.05) is 26.0 Å². The van der Waals surface area contributed by atoms with Crippen molar-refractivity contribution in [3.63, 3.8) is 0 Å². The third-order valence-electron chi connectivity index (χ3n) is 5.25. The van der Waals surface area contributed by atoms with Gasteiger partial charge in [0.1, 0.15) is 5.75 Å². The Kier molecular flexibility index (Phi) is 7.50. The molecule has 10 heteroatoms. The molecule has 176 valence electrons. The van der Waals surface area contributed by atoms with Gasteiger partial charge in [-0.05, 0) is 30.7 Å². The molecule has 33 heavy (non-hydrogen) atoms. The third kappa shape index (κ3) is 5.07. The second kappa shape index (κ2) is 10.1. The van der Waals surface area contributed by atoms with Gasteiger partial charge in [0.25, 0.3) is 11.5 Å². The molecule has 0 aliphatic heterocycles. The van der Waals surface area contributed by atoms with Crippen molar-refractivity contribution in [1.82, 2.24) is 14.1 Å². The zero-order valence-corrected chi connectivity index (χ0v) is 20.0. The van der Waals surface area contributed by atoms with E-state index >= 15 is 0 Å². The van der Waals surface area contributed by atoms with Crippen LogP contribution in [0.25, 0.3) is 10.8 Å². The molecule has 1 amide bonds. The molecule has 1 heterocycles. The molecule has 1 aromatic heterocycles. The Hall–Kier alpha value is -3.24. The predicted octanol–water partition coefficient (Wildman–Crippen LogP) is 3.10. The van der Waals surface area contributed by atoms with Gasteiger partial charge in [-0.2, -0.15) is 5.10 Å². The topological polar surface area (TPSA) is 111 Å². The van der Waals surface area contributed by atoms with Gasteiger partial charge in [-0.3, -0.25) is 9.59 Å². The molecule has 0 bridgehead atoms. The summed E-state index contributed by atoms with van der Waals surface area (Å²) in [5.74, 6) is -0.283. The lowest BCUT2D eigenvalue weighted by Gasteiger charge is -2.16. The number of aryl methyl sites for hydroxylation is 1. The molecule has 3 rings (SSSR count). The molecule has 2 aromatic carbocycles. The first-order valence-corrected chi connectivity index (χ1v) is 12.1. The van der Waals surface area contributed by atoms with Crippen LogP contribution in [-0.4, -0.2) is 49.6 Å². The number of ether oxygens (including phenoxy) is 1. The minimum Gasteiger partial charge on any atom is -0.495 e. The van der Waals surface area contributed by atoms with Crippen LogP contribution in [0.15, 0.2) is 52.2 Å². The second-order valence-electron chi connectivity index (χ2n) is 7.73. The van der Waals surface area contributed by atoms with Crippen molar-refractivity contribution < 1.29 is 17.9 Å². The van der Waals surface area contributed by atoms with E-state index in [1.165, 1.54) is 44.1 Å². The average Bonchev–Trinajstić information content (AvgIpc) is 2.80. The summed E-state index contributed by atoms with van der Waals surface area (Å²) in [5, 5.41) is 7.87. The summed E-state index contributed by atoms with van der Waals surface area (Å²) in [6.07, 6.45) is 2.69. The standard InChI is InChI=1S/C23H28N4O5S/c1-5-6-9-14-27-23(29)18-11-8-7-10-17(18)21(25-27)22(28)24-19-15-16(12-13-20(19)32-4)33(30,31)26(2)3/h7-8,10-13,15H,5-6,9,14H2,1-4H3,(H,24,28). The van der Waals surface area contributed by atoms with Crippen molar-refractivity contribution in [2.75, 3.05) is 26.5 Å². The van der Waals surface area contributed by atoms with E-state index < -0.39 is 15.9 Å². The number of carbonyl (C=O) groups is 1. The van der Waals surface area contributed by atoms with E-state index in [0.29, 0.717) is 23.1 Å². The van der Waals surface area contributed by atoms with Crippen molar-refractivity contribution in [3.8, 4) is 5.75 Å². The molecule has 0 atom stereocenters. The lowest BCUT2D eigenvalue weighted by Crippen LogP contribution is -2.28. The summed E-state index contributed by atoms with van der Waals surface area (Å²) in [4.78, 5) is 26.1. The Morgan fingerprint density at radius 2 is 1.82 bits per heavy atom. The number of amides is 1. The highest BCUT2D eigenvalue weighted by atomic mass is 32.2. The zero-order chi connectivity index (χ0) is 24.2. The Morgan fingerprint density at radius 1 is 1.12 bits per heavy atom. The van der Waals surface area contributed by atoms with Gasteiger partial charge in [-0.15, -0.1) is 0 Å². The fourth-order valence-corrected chi connectivity index (χ4v) is 4.33. The summed E-state index contributed by atoms with van der Waals surface area (Å²) < 4.78 is 32.8. The van der Waals surface area contributed by atoms with Gasteiger partial charge in [-0.1, -0.05) is 38.0 Å². The molecule has 0 radical (unpaired) electrons. The normalized spacial score (nSPS) is 11.7. The molecule has 0 saturated carbocycles. The molecular weight excluding hydrogens is 444 g/mol. The number of aromatic nitrogens is 2. The van der Waals surface area contributed by atoms with E-state index in [4.69, 9.17) is 4.74 Å². The third-order valence-corrected chi connectivity index (χ3v) is 7.07. The maximum Gasteiger partial charge on any atom is 0.276 e. The van der Waals surface area contributed by atoms with E-state index in [1.54, 1.807) is 24.3 Å². The smallest absolute Gasteiger partial charge is 0.276 e. The summed E-state index contributed by atoms with van der Waals surface area (Å²) in [7, 11) is 0.557. The van der Waals surface area contributed by atoms with E-state index in [1.807, 2.05) is 0 Å². The number of methoxy groups -OCH3 is 1. The van der Waals surface area contributed by atoms with E-state index in [-0.39, 0.29) is 21.8 Å². The number of benzene rings is 2. The maximum atomic E-state index is 13.3. The Labute approximate surface area is 193 Å². The van der Waals surface area contributed by atoms with Crippen molar-refractivity contribution in [2.24, 2.45) is 0 Å². The van der Waals surface area contributed by atoms with E-state index in [0.717, 1.165) is 23.6 Å². The first kappa shape index (κ1) is 24.4. The molecule has 0 aliphatic carbocycles. The van der Waals surface area contributed by atoms with Gasteiger partial charge in [0.05, 0.1) is 23.1 Å². The lowest BCUT2D eigenvalue weighted by molar-refractivity contribution is 0.102. The molecule has 3 aromatic rings. The summed E-state index contributed by atoms with van der Waals surface area (Å²) in [6.45, 7) is 2.46. The van der Waals surface area contributed by atoms with Gasteiger partial charge in [-0.25, -0.2) is 17.4 Å². The quantitative estimate of drug-likeness (QED) is 0.479. The maximum absolute atomic E-state index is 13.3. The van der Waals surface area contributed by atoms with Crippen LogP contribution in [0.3, 0.4) is 0 Å².